The van der Waals surface area contributed by atoms with E-state index in [1.807, 2.05) is 14.2 Å². The first-order valence-corrected chi connectivity index (χ1v) is 14.1. The second-order valence-electron chi connectivity index (χ2n) is 6.67. The molecule has 4 unspecified atom stereocenters. The van der Waals surface area contributed by atoms with Crippen molar-refractivity contribution in [3.05, 3.63) is 0 Å². The summed E-state index contributed by atoms with van der Waals surface area (Å²) in [6.07, 6.45) is 8.68. The van der Waals surface area contributed by atoms with E-state index in [2.05, 4.69) is 0 Å². The van der Waals surface area contributed by atoms with Gasteiger partial charge in [-0.1, -0.05) is 0 Å². The number of carbonyl (C=O) groups is 2. The van der Waals surface area contributed by atoms with Gasteiger partial charge in [0.05, 0.1) is 0 Å². The van der Waals surface area contributed by atoms with E-state index in [4.69, 9.17) is 29.3 Å². The van der Waals surface area contributed by atoms with Gasteiger partial charge in [0, 0.05) is 13.8 Å². The summed E-state index contributed by atoms with van der Waals surface area (Å²) in [4.78, 5) is 18.0. The standard InChI is InChI=1S/C12H20O2.2C2H4O2.2Hg/c1-13-11-6-8-12(14-2)7-4-3-5-10(12)9-11;2*1-2(3)4;;/h6,11H,3-5,7-9H2,1-2H3;2*1H3,(H,3,4);;. The summed E-state index contributed by atoms with van der Waals surface area (Å²) in [5, 5.41) is 14.8. The van der Waals surface area contributed by atoms with Crippen molar-refractivity contribution in [3.63, 3.8) is 0 Å². The van der Waals surface area contributed by atoms with Crippen molar-refractivity contribution >= 4 is 11.9 Å². The normalized spacial score (nSPS) is 34.7. The Kier molecular flexibility index (Phi) is 11.8. The van der Waals surface area contributed by atoms with Crippen molar-refractivity contribution in [2.45, 2.75) is 70.4 Å². The molecule has 0 radical (unpaired) electrons. The Labute approximate surface area is 177 Å². The SMILES string of the molecule is CC(=O)O.CC(=O)O.COC1C[C]2([Hg])CCCCC2(OC)C[CH]1[Hg]. The van der Waals surface area contributed by atoms with E-state index in [-0.39, 0.29) is 5.60 Å². The van der Waals surface area contributed by atoms with Crippen LogP contribution in [-0.2, 0) is 71.3 Å². The average molecular weight is 718 g/mol. The molecular weight excluding hydrogens is 689 g/mol. The summed E-state index contributed by atoms with van der Waals surface area (Å²) in [5.74, 6) is -1.67. The Morgan fingerprint density at radius 2 is 1.50 bits per heavy atom. The van der Waals surface area contributed by atoms with Gasteiger partial charge in [-0.2, -0.15) is 0 Å². The van der Waals surface area contributed by atoms with Gasteiger partial charge >= 0.3 is 133 Å². The van der Waals surface area contributed by atoms with E-state index in [0.29, 0.717) is 9.03 Å². The number of carboxylic acids is 2. The fraction of sp³-hybridized carbons (Fsp3) is 0.875. The Balaban J connectivity index is 0.000000558. The Morgan fingerprint density at radius 3 is 1.92 bits per heavy atom. The molecule has 4 atom stereocenters. The first-order chi connectivity index (χ1) is 11.0. The molecule has 8 heteroatoms. The van der Waals surface area contributed by atoms with Gasteiger partial charge in [-0.3, -0.25) is 9.59 Å². The predicted octanol–water partition coefficient (Wildman–Crippen LogP) is 2.98. The number of hydrogen-bond donors (Lipinski definition) is 2. The van der Waals surface area contributed by atoms with Crippen LogP contribution in [0.2, 0.25) is 6.35 Å². The van der Waals surface area contributed by atoms with Gasteiger partial charge < -0.3 is 10.2 Å². The van der Waals surface area contributed by atoms with Crippen LogP contribution in [0.4, 0.5) is 0 Å². The molecule has 2 aliphatic carbocycles. The summed E-state index contributed by atoms with van der Waals surface area (Å²) in [7, 11) is 3.87. The molecule has 0 amide bonds. The van der Waals surface area contributed by atoms with Gasteiger partial charge in [-0.15, -0.1) is 0 Å². The number of rotatable bonds is 2. The number of carboxylic acid groups (broad SMARTS) is 2. The molecule has 6 nitrogen and oxygen atoms in total. The molecule has 0 saturated heterocycles. The molecule has 2 N–H and O–H groups in total. The fourth-order valence-electron chi connectivity index (χ4n) is 3.76. The third-order valence-electron chi connectivity index (χ3n) is 4.86. The van der Waals surface area contributed by atoms with Gasteiger partial charge in [-0.05, 0) is 0 Å². The molecule has 0 bridgehead atoms. The van der Waals surface area contributed by atoms with Crippen LogP contribution in [-0.4, -0.2) is 48.1 Å². The van der Waals surface area contributed by atoms with Crippen molar-refractivity contribution in [3.8, 4) is 0 Å². The van der Waals surface area contributed by atoms with E-state index < -0.39 is 11.9 Å². The third-order valence-corrected chi connectivity index (χ3v) is 13.0. The zero-order valence-electron chi connectivity index (χ0n) is 15.3. The molecule has 0 aromatic rings. The average Bonchev–Trinajstić information content (AvgIpc) is 2.46. The molecule has 132 valence electrons. The summed E-state index contributed by atoms with van der Waals surface area (Å²) in [6.45, 7) is 2.17. The Hall–Kier alpha value is 0.730. The number of hydrogen-bond acceptors (Lipinski definition) is 4. The van der Waals surface area contributed by atoms with Crippen LogP contribution in [0.1, 0.15) is 52.4 Å². The number of aliphatic carboxylic acids is 2. The number of fused-ring (bicyclic) bond motifs is 1. The fourth-order valence-corrected chi connectivity index (χ4v) is 10.9. The topological polar surface area (TPSA) is 93.1 Å². The Morgan fingerprint density at radius 1 is 1.04 bits per heavy atom. The number of methoxy groups -OCH3 is 2. The van der Waals surface area contributed by atoms with Crippen molar-refractivity contribution in [2.75, 3.05) is 14.2 Å². The number of ether oxygens (including phenoxy) is 2. The van der Waals surface area contributed by atoms with Crippen molar-refractivity contribution < 1.29 is 81.5 Å². The van der Waals surface area contributed by atoms with Crippen LogP contribution in [0, 0.1) is 0 Å². The monoisotopic (exact) mass is 720 g/mol. The summed E-state index contributed by atoms with van der Waals surface area (Å²) < 4.78 is 13.2. The van der Waals surface area contributed by atoms with E-state index in [1.165, 1.54) is 38.5 Å². The molecule has 0 aliphatic heterocycles. The maximum absolute atomic E-state index is 9.00. The minimum atomic E-state index is -0.833. The molecule has 2 rings (SSSR count). The maximum atomic E-state index is 9.00. The minimum absolute atomic E-state index is 0.260. The van der Waals surface area contributed by atoms with Crippen LogP contribution in [0.5, 0.6) is 0 Å². The van der Waals surface area contributed by atoms with E-state index in [9.17, 15) is 0 Å². The second kappa shape index (κ2) is 11.4. The molecule has 0 spiro atoms. The van der Waals surface area contributed by atoms with Crippen LogP contribution < -0.4 is 0 Å². The molecule has 2 saturated carbocycles. The first-order valence-electron chi connectivity index (χ1n) is 8.19. The van der Waals surface area contributed by atoms with Gasteiger partial charge in [0.25, 0.3) is 11.9 Å². The predicted molar refractivity (Wildman–Crippen MR) is 81.3 cm³/mol. The van der Waals surface area contributed by atoms with Gasteiger partial charge in [0.1, 0.15) is 0 Å². The van der Waals surface area contributed by atoms with Crippen LogP contribution in [0.15, 0.2) is 0 Å². The van der Waals surface area contributed by atoms with Crippen molar-refractivity contribution in [2.24, 2.45) is 0 Å². The zero-order chi connectivity index (χ0) is 19.0. The Bertz CT molecular complexity index is 399. The molecule has 2 aliphatic rings. The van der Waals surface area contributed by atoms with E-state index >= 15 is 0 Å². The summed E-state index contributed by atoms with van der Waals surface area (Å²) in [5.41, 5.74) is 0.260. The first kappa shape index (κ1) is 24.7. The van der Waals surface area contributed by atoms with Gasteiger partial charge in [0.2, 0.25) is 0 Å². The van der Waals surface area contributed by atoms with Crippen LogP contribution >= 0.6 is 0 Å². The van der Waals surface area contributed by atoms with Gasteiger partial charge in [0.15, 0.2) is 0 Å². The summed E-state index contributed by atoms with van der Waals surface area (Å²) in [6, 6.07) is 0. The summed E-state index contributed by atoms with van der Waals surface area (Å²) >= 11 is 1.60. The van der Waals surface area contributed by atoms with E-state index in [1.54, 1.807) is 0 Å². The van der Waals surface area contributed by atoms with E-state index in [0.717, 1.165) is 69.5 Å². The zero-order valence-corrected chi connectivity index (χ0v) is 26.3. The molecular formula is C16H28Hg2O6. The third kappa shape index (κ3) is 7.54. The molecule has 0 aromatic heterocycles. The van der Waals surface area contributed by atoms with Crippen molar-refractivity contribution in [1.29, 1.82) is 0 Å². The molecule has 0 heterocycles. The van der Waals surface area contributed by atoms with Gasteiger partial charge in [-0.25, -0.2) is 0 Å². The molecule has 0 aromatic carbocycles. The molecule has 24 heavy (non-hydrogen) atoms. The molecule has 2 fully saturated rings. The van der Waals surface area contributed by atoms with Crippen molar-refractivity contribution in [1.82, 2.24) is 0 Å². The second-order valence-corrected chi connectivity index (χ2v) is 16.0. The van der Waals surface area contributed by atoms with Crippen LogP contribution in [0.25, 0.3) is 0 Å². The quantitative estimate of drug-likeness (QED) is 0.428. The van der Waals surface area contributed by atoms with Crippen LogP contribution in [0.3, 0.4) is 0 Å².